The summed E-state index contributed by atoms with van der Waals surface area (Å²) < 4.78 is 26.4. The molecule has 0 spiro atoms. The van der Waals surface area contributed by atoms with Gasteiger partial charge in [0.1, 0.15) is 22.3 Å². The normalized spacial score (nSPS) is 11.8. The summed E-state index contributed by atoms with van der Waals surface area (Å²) in [6, 6.07) is 6.18. The molecule has 26 heavy (non-hydrogen) atoms. The van der Waals surface area contributed by atoms with Crippen LogP contribution in [-0.2, 0) is 9.53 Å². The second-order valence-electron chi connectivity index (χ2n) is 5.24. The molecular weight excluding hydrogens is 407 g/mol. The molecule has 0 bridgehead atoms. The Bertz CT molecular complexity index is 933. The summed E-state index contributed by atoms with van der Waals surface area (Å²) in [7, 11) is 1.27. The van der Waals surface area contributed by atoms with Crippen molar-refractivity contribution < 1.29 is 18.7 Å². The third kappa shape index (κ3) is 3.43. The molecule has 9 heteroatoms. The third-order valence-corrected chi connectivity index (χ3v) is 4.25. The van der Waals surface area contributed by atoms with Crippen molar-refractivity contribution in [2.45, 2.75) is 13.0 Å². The number of hydrogen-bond donors (Lipinski definition) is 0. The molecule has 0 N–H and O–H groups in total. The summed E-state index contributed by atoms with van der Waals surface area (Å²) in [6.07, 6.45) is 3.64. The summed E-state index contributed by atoms with van der Waals surface area (Å²) in [5.41, 5.74) is 1.30. The van der Waals surface area contributed by atoms with Gasteiger partial charge >= 0.3 is 5.97 Å². The van der Waals surface area contributed by atoms with Crippen LogP contribution in [0.2, 0.25) is 0 Å². The largest absolute Gasteiger partial charge is 0.466 e. The summed E-state index contributed by atoms with van der Waals surface area (Å²) >= 11 is 3.42. The molecule has 3 rings (SSSR count). The molecule has 0 aliphatic carbocycles. The highest BCUT2D eigenvalue weighted by atomic mass is 79.9. The van der Waals surface area contributed by atoms with E-state index in [0.29, 0.717) is 15.7 Å². The van der Waals surface area contributed by atoms with Crippen LogP contribution in [0.1, 0.15) is 6.92 Å². The van der Waals surface area contributed by atoms with Crippen LogP contribution in [-0.4, -0.2) is 38.9 Å². The van der Waals surface area contributed by atoms with E-state index in [1.807, 2.05) is 0 Å². The second-order valence-corrected chi connectivity index (χ2v) is 6.03. The van der Waals surface area contributed by atoms with Crippen molar-refractivity contribution in [1.29, 1.82) is 0 Å². The number of nitrogens with zero attached hydrogens (tertiary/aromatic N) is 4. The Morgan fingerprint density at radius 3 is 2.62 bits per heavy atom. The van der Waals surface area contributed by atoms with Crippen molar-refractivity contribution in [3.8, 4) is 22.8 Å². The molecule has 1 aromatic carbocycles. The van der Waals surface area contributed by atoms with Crippen LogP contribution in [0.15, 0.2) is 47.5 Å². The fourth-order valence-electron chi connectivity index (χ4n) is 2.30. The fourth-order valence-corrected chi connectivity index (χ4v) is 2.87. The van der Waals surface area contributed by atoms with E-state index in [4.69, 9.17) is 4.74 Å². The first-order chi connectivity index (χ1) is 12.5. The first-order valence-corrected chi connectivity index (χ1v) is 8.35. The number of aromatic nitrogens is 4. The van der Waals surface area contributed by atoms with Crippen LogP contribution in [0.25, 0.3) is 16.9 Å². The number of rotatable bonds is 5. The van der Waals surface area contributed by atoms with Crippen LogP contribution in [0.4, 0.5) is 4.39 Å². The van der Waals surface area contributed by atoms with Crippen molar-refractivity contribution in [2.24, 2.45) is 0 Å². The number of ether oxygens (including phenoxy) is 2. The summed E-state index contributed by atoms with van der Waals surface area (Å²) in [4.78, 5) is 19.6. The van der Waals surface area contributed by atoms with Crippen LogP contribution in [0.5, 0.6) is 5.88 Å². The zero-order valence-corrected chi connectivity index (χ0v) is 15.5. The Morgan fingerprint density at radius 2 is 1.96 bits per heavy atom. The average molecular weight is 421 g/mol. The molecule has 0 saturated carbocycles. The van der Waals surface area contributed by atoms with Gasteiger partial charge in [0.25, 0.3) is 0 Å². The zero-order valence-electron chi connectivity index (χ0n) is 13.9. The van der Waals surface area contributed by atoms with Crippen molar-refractivity contribution in [3.63, 3.8) is 0 Å². The standard InChI is InChI=1S/C17H14BrFN4O3/c1-10(17(24)25-2)26-16-14(18)15(11-7-20-9-21-8-11)23(22-16)13-6-4-3-5-12(13)19/h3-10H,1-2H3. The first-order valence-electron chi connectivity index (χ1n) is 7.56. The van der Waals surface area contributed by atoms with Gasteiger partial charge in [-0.2, -0.15) is 0 Å². The Balaban J connectivity index is 2.15. The van der Waals surface area contributed by atoms with Gasteiger partial charge in [0.2, 0.25) is 5.88 Å². The Morgan fingerprint density at radius 1 is 1.27 bits per heavy atom. The number of benzene rings is 1. The van der Waals surface area contributed by atoms with E-state index >= 15 is 0 Å². The summed E-state index contributed by atoms with van der Waals surface area (Å²) in [5, 5.41) is 4.32. The Kier molecular flexibility index (Phi) is 5.27. The number of methoxy groups -OCH3 is 1. The van der Waals surface area contributed by atoms with E-state index in [1.54, 1.807) is 30.6 Å². The van der Waals surface area contributed by atoms with E-state index in [0.717, 1.165) is 0 Å². The maximum atomic E-state index is 14.3. The first kappa shape index (κ1) is 18.0. The van der Waals surface area contributed by atoms with E-state index < -0.39 is 17.9 Å². The van der Waals surface area contributed by atoms with Crippen molar-refractivity contribution in [1.82, 2.24) is 19.7 Å². The van der Waals surface area contributed by atoms with Gasteiger partial charge in [-0.1, -0.05) is 12.1 Å². The molecule has 3 aromatic rings. The fraction of sp³-hybridized carbons (Fsp3) is 0.176. The van der Waals surface area contributed by atoms with Gasteiger partial charge in [0, 0.05) is 18.0 Å². The lowest BCUT2D eigenvalue weighted by Gasteiger charge is -2.10. The molecule has 0 saturated heterocycles. The average Bonchev–Trinajstić information content (AvgIpc) is 2.98. The SMILES string of the molecule is COC(=O)C(C)Oc1nn(-c2ccccc2F)c(-c2cncnc2)c1Br. The van der Waals surface area contributed by atoms with Gasteiger partial charge in [-0.15, -0.1) is 5.10 Å². The van der Waals surface area contributed by atoms with Crippen LogP contribution < -0.4 is 4.74 Å². The molecule has 0 aliphatic heterocycles. The second kappa shape index (κ2) is 7.61. The van der Waals surface area contributed by atoms with Gasteiger partial charge in [-0.05, 0) is 35.0 Å². The lowest BCUT2D eigenvalue weighted by Crippen LogP contribution is -2.25. The van der Waals surface area contributed by atoms with Crippen LogP contribution in [0.3, 0.4) is 0 Å². The highest BCUT2D eigenvalue weighted by Gasteiger charge is 2.25. The molecule has 1 atom stereocenters. The summed E-state index contributed by atoms with van der Waals surface area (Å²) in [5.74, 6) is -0.903. The summed E-state index contributed by atoms with van der Waals surface area (Å²) in [6.45, 7) is 1.53. The zero-order chi connectivity index (χ0) is 18.7. The lowest BCUT2D eigenvalue weighted by atomic mass is 10.2. The van der Waals surface area contributed by atoms with E-state index in [1.165, 1.54) is 31.1 Å². The number of carbonyl (C=O) groups is 1. The van der Waals surface area contributed by atoms with Crippen LogP contribution >= 0.6 is 15.9 Å². The van der Waals surface area contributed by atoms with E-state index in [-0.39, 0.29) is 11.6 Å². The maximum absolute atomic E-state index is 14.3. The van der Waals surface area contributed by atoms with Crippen LogP contribution in [0, 0.1) is 5.82 Å². The predicted molar refractivity (Wildman–Crippen MR) is 94.4 cm³/mol. The van der Waals surface area contributed by atoms with Gasteiger partial charge in [0.05, 0.1) is 12.8 Å². The third-order valence-electron chi connectivity index (χ3n) is 3.53. The van der Waals surface area contributed by atoms with E-state index in [2.05, 4.69) is 35.7 Å². The molecular formula is C17H14BrFN4O3. The van der Waals surface area contributed by atoms with Crippen molar-refractivity contribution >= 4 is 21.9 Å². The number of carbonyl (C=O) groups excluding carboxylic acids is 1. The van der Waals surface area contributed by atoms with Crippen molar-refractivity contribution in [2.75, 3.05) is 7.11 Å². The number of halogens is 2. The molecule has 2 heterocycles. The van der Waals surface area contributed by atoms with E-state index in [9.17, 15) is 9.18 Å². The minimum atomic E-state index is -0.889. The molecule has 134 valence electrons. The molecule has 1 unspecified atom stereocenters. The highest BCUT2D eigenvalue weighted by Crippen LogP contribution is 2.37. The molecule has 0 fully saturated rings. The minimum absolute atomic E-state index is 0.116. The number of hydrogen-bond acceptors (Lipinski definition) is 6. The molecule has 0 radical (unpaired) electrons. The van der Waals surface area contributed by atoms with Gasteiger partial charge in [0.15, 0.2) is 6.10 Å². The van der Waals surface area contributed by atoms with Gasteiger partial charge < -0.3 is 9.47 Å². The van der Waals surface area contributed by atoms with Gasteiger partial charge in [-0.25, -0.2) is 23.8 Å². The quantitative estimate of drug-likeness (QED) is 0.589. The Hall–Kier alpha value is -2.81. The predicted octanol–water partition coefficient (Wildman–Crippen LogP) is 3.17. The maximum Gasteiger partial charge on any atom is 0.346 e. The molecule has 7 nitrogen and oxygen atoms in total. The molecule has 0 aliphatic rings. The number of para-hydroxylation sites is 1. The monoisotopic (exact) mass is 420 g/mol. The smallest absolute Gasteiger partial charge is 0.346 e. The topological polar surface area (TPSA) is 79.1 Å². The van der Waals surface area contributed by atoms with Crippen molar-refractivity contribution in [3.05, 3.63) is 53.3 Å². The Labute approximate surface area is 156 Å². The van der Waals surface area contributed by atoms with Gasteiger partial charge in [-0.3, -0.25) is 0 Å². The highest BCUT2D eigenvalue weighted by molar-refractivity contribution is 9.10. The lowest BCUT2D eigenvalue weighted by molar-refractivity contribution is -0.148. The minimum Gasteiger partial charge on any atom is -0.466 e. The molecule has 2 aromatic heterocycles. The molecule has 0 amide bonds. The number of esters is 1.